The average molecular weight is 245 g/mol. The van der Waals surface area contributed by atoms with Gasteiger partial charge in [0.05, 0.1) is 0 Å². The van der Waals surface area contributed by atoms with Gasteiger partial charge in [-0.25, -0.2) is 9.97 Å². The first kappa shape index (κ1) is 11.4. The van der Waals surface area contributed by atoms with Crippen molar-refractivity contribution < 1.29 is 0 Å². The van der Waals surface area contributed by atoms with Gasteiger partial charge in [0.2, 0.25) is 5.82 Å². The van der Waals surface area contributed by atoms with E-state index in [1.807, 2.05) is 31.2 Å². The lowest BCUT2D eigenvalue weighted by atomic mass is 10.2. The van der Waals surface area contributed by atoms with E-state index < -0.39 is 0 Å². The second kappa shape index (κ2) is 4.81. The second-order valence-corrected chi connectivity index (χ2v) is 3.87. The maximum Gasteiger partial charge on any atom is 0.234 e. The predicted octanol–water partition coefficient (Wildman–Crippen LogP) is 3.05. The van der Waals surface area contributed by atoms with Gasteiger partial charge in [-0.15, -0.1) is 0 Å². The van der Waals surface area contributed by atoms with Crippen molar-refractivity contribution in [3.63, 3.8) is 0 Å². The Bertz CT molecular complexity index is 589. The molecule has 0 aliphatic carbocycles. The van der Waals surface area contributed by atoms with Crippen molar-refractivity contribution in [3.8, 4) is 6.07 Å². The Labute approximate surface area is 104 Å². The number of hydrogen-bond donors (Lipinski definition) is 1. The molecule has 0 atom stereocenters. The van der Waals surface area contributed by atoms with Crippen molar-refractivity contribution in [2.75, 3.05) is 5.32 Å². The Balaban J connectivity index is 2.25. The first-order chi connectivity index (χ1) is 8.19. The molecule has 5 heteroatoms. The van der Waals surface area contributed by atoms with Gasteiger partial charge in [-0.2, -0.15) is 5.26 Å². The zero-order valence-electron chi connectivity index (χ0n) is 9.11. The van der Waals surface area contributed by atoms with Crippen LogP contribution in [0, 0.1) is 18.3 Å². The average Bonchev–Trinajstić information content (AvgIpc) is 2.34. The van der Waals surface area contributed by atoms with E-state index in [2.05, 4.69) is 15.3 Å². The lowest BCUT2D eigenvalue weighted by Gasteiger charge is -2.06. The highest BCUT2D eigenvalue weighted by Gasteiger charge is 2.01. The molecule has 1 aromatic carbocycles. The van der Waals surface area contributed by atoms with Crippen LogP contribution in [-0.4, -0.2) is 9.97 Å². The lowest BCUT2D eigenvalue weighted by Crippen LogP contribution is -1.96. The zero-order valence-corrected chi connectivity index (χ0v) is 9.86. The highest BCUT2D eigenvalue weighted by Crippen LogP contribution is 2.22. The normalized spacial score (nSPS) is 9.71. The summed E-state index contributed by atoms with van der Waals surface area (Å²) in [5.41, 5.74) is 1.83. The van der Waals surface area contributed by atoms with Crippen LogP contribution in [0.2, 0.25) is 5.02 Å². The highest BCUT2D eigenvalue weighted by molar-refractivity contribution is 6.31. The fourth-order valence-corrected chi connectivity index (χ4v) is 1.48. The van der Waals surface area contributed by atoms with Crippen LogP contribution in [0.25, 0.3) is 0 Å². The minimum absolute atomic E-state index is 0.133. The molecule has 0 bridgehead atoms. The van der Waals surface area contributed by atoms with Crippen molar-refractivity contribution in [2.24, 2.45) is 0 Å². The maximum absolute atomic E-state index is 8.68. The third-order valence-corrected chi connectivity index (χ3v) is 2.61. The maximum atomic E-state index is 8.68. The van der Waals surface area contributed by atoms with Crippen molar-refractivity contribution in [3.05, 3.63) is 46.9 Å². The Morgan fingerprint density at radius 1 is 1.35 bits per heavy atom. The van der Waals surface area contributed by atoms with Gasteiger partial charge < -0.3 is 5.32 Å². The molecule has 84 valence electrons. The minimum Gasteiger partial charge on any atom is -0.340 e. The molecule has 0 aliphatic rings. The molecule has 2 aromatic rings. The van der Waals surface area contributed by atoms with Crippen LogP contribution in [0.1, 0.15) is 11.4 Å². The number of rotatable bonds is 2. The van der Waals surface area contributed by atoms with Gasteiger partial charge in [-0.3, -0.25) is 0 Å². The Kier molecular flexibility index (Phi) is 3.22. The largest absolute Gasteiger partial charge is 0.340 e. The summed E-state index contributed by atoms with van der Waals surface area (Å²) in [6, 6.07) is 9.20. The van der Waals surface area contributed by atoms with E-state index in [9.17, 15) is 0 Å². The van der Waals surface area contributed by atoms with Crippen LogP contribution in [0.15, 0.2) is 30.5 Å². The number of hydrogen-bond acceptors (Lipinski definition) is 4. The van der Waals surface area contributed by atoms with Gasteiger partial charge in [0.1, 0.15) is 11.9 Å². The van der Waals surface area contributed by atoms with Crippen molar-refractivity contribution in [2.45, 2.75) is 6.92 Å². The van der Waals surface area contributed by atoms with Gasteiger partial charge in [-0.1, -0.05) is 17.7 Å². The third-order valence-electron chi connectivity index (χ3n) is 2.20. The van der Waals surface area contributed by atoms with Crippen LogP contribution in [-0.2, 0) is 0 Å². The molecule has 2 rings (SSSR count). The van der Waals surface area contributed by atoms with E-state index in [4.69, 9.17) is 16.9 Å². The van der Waals surface area contributed by atoms with Gasteiger partial charge >= 0.3 is 0 Å². The number of benzene rings is 1. The molecule has 1 N–H and O–H groups in total. The van der Waals surface area contributed by atoms with Crippen LogP contribution < -0.4 is 5.32 Å². The third kappa shape index (κ3) is 2.71. The monoisotopic (exact) mass is 244 g/mol. The SMILES string of the molecule is Cc1ccc(Nc2ccnc(C#N)n2)cc1Cl. The van der Waals surface area contributed by atoms with Gasteiger partial charge in [-0.05, 0) is 30.7 Å². The molecule has 0 fully saturated rings. The molecule has 0 saturated heterocycles. The molecule has 0 amide bonds. The number of aromatic nitrogens is 2. The van der Waals surface area contributed by atoms with Crippen molar-refractivity contribution >= 4 is 23.1 Å². The first-order valence-electron chi connectivity index (χ1n) is 4.95. The molecule has 17 heavy (non-hydrogen) atoms. The van der Waals surface area contributed by atoms with Crippen LogP contribution in [0.3, 0.4) is 0 Å². The number of nitriles is 1. The van der Waals surface area contributed by atoms with Crippen molar-refractivity contribution in [1.29, 1.82) is 5.26 Å². The molecule has 0 aliphatic heterocycles. The Morgan fingerprint density at radius 2 is 2.18 bits per heavy atom. The molecular weight excluding hydrogens is 236 g/mol. The quantitative estimate of drug-likeness (QED) is 0.882. The first-order valence-corrected chi connectivity index (χ1v) is 5.33. The minimum atomic E-state index is 0.133. The van der Waals surface area contributed by atoms with Crippen LogP contribution in [0.4, 0.5) is 11.5 Å². The summed E-state index contributed by atoms with van der Waals surface area (Å²) in [5, 5.41) is 12.4. The molecule has 1 heterocycles. The predicted molar refractivity (Wildman–Crippen MR) is 66.2 cm³/mol. The molecule has 0 spiro atoms. The van der Waals surface area contributed by atoms with E-state index in [0.29, 0.717) is 10.8 Å². The van der Waals surface area contributed by atoms with Crippen molar-refractivity contribution in [1.82, 2.24) is 9.97 Å². The number of nitrogens with one attached hydrogen (secondary N) is 1. The molecule has 4 nitrogen and oxygen atoms in total. The summed E-state index contributed by atoms with van der Waals surface area (Å²) in [4.78, 5) is 7.81. The molecule has 0 saturated carbocycles. The number of aryl methyl sites for hydroxylation is 1. The number of nitrogens with zero attached hydrogens (tertiary/aromatic N) is 3. The van der Waals surface area contributed by atoms with E-state index >= 15 is 0 Å². The summed E-state index contributed by atoms with van der Waals surface area (Å²) in [6.45, 7) is 1.94. The van der Waals surface area contributed by atoms with Gasteiger partial charge in [0.15, 0.2) is 0 Å². The van der Waals surface area contributed by atoms with Gasteiger partial charge in [0.25, 0.3) is 0 Å². The highest BCUT2D eigenvalue weighted by atomic mass is 35.5. The standard InChI is InChI=1S/C12H9ClN4/c1-8-2-3-9(6-10(8)13)16-11-4-5-15-12(7-14)17-11/h2-6H,1H3,(H,15,16,17). The summed E-state index contributed by atoms with van der Waals surface area (Å²) in [6.07, 6.45) is 1.53. The fourth-order valence-electron chi connectivity index (χ4n) is 1.30. The topological polar surface area (TPSA) is 61.6 Å². The van der Waals surface area contributed by atoms with Crippen LogP contribution >= 0.6 is 11.6 Å². The Hall–Kier alpha value is -2.12. The van der Waals surface area contributed by atoms with E-state index in [-0.39, 0.29) is 5.82 Å². The Morgan fingerprint density at radius 3 is 2.88 bits per heavy atom. The summed E-state index contributed by atoms with van der Waals surface area (Å²) in [7, 11) is 0. The van der Waals surface area contributed by atoms with Crippen LogP contribution in [0.5, 0.6) is 0 Å². The molecular formula is C12H9ClN4. The summed E-state index contributed by atoms with van der Waals surface area (Å²) >= 11 is 6.01. The number of anilines is 2. The lowest BCUT2D eigenvalue weighted by molar-refractivity contribution is 1.11. The van der Waals surface area contributed by atoms with E-state index in [0.717, 1.165) is 11.3 Å². The summed E-state index contributed by atoms with van der Waals surface area (Å²) in [5.74, 6) is 0.699. The smallest absolute Gasteiger partial charge is 0.234 e. The van der Waals surface area contributed by atoms with E-state index in [1.54, 1.807) is 6.07 Å². The molecule has 0 unspecified atom stereocenters. The van der Waals surface area contributed by atoms with Gasteiger partial charge in [0, 0.05) is 16.9 Å². The second-order valence-electron chi connectivity index (χ2n) is 3.47. The van der Waals surface area contributed by atoms with E-state index in [1.165, 1.54) is 6.20 Å². The number of halogens is 1. The molecule has 0 radical (unpaired) electrons. The fraction of sp³-hybridized carbons (Fsp3) is 0.0833. The zero-order chi connectivity index (χ0) is 12.3. The molecule has 1 aromatic heterocycles. The summed E-state index contributed by atoms with van der Waals surface area (Å²) < 4.78 is 0.